The number of rotatable bonds is 6. The van der Waals surface area contributed by atoms with Crippen molar-refractivity contribution in [2.75, 3.05) is 11.9 Å². The van der Waals surface area contributed by atoms with E-state index in [2.05, 4.69) is 26.1 Å². The van der Waals surface area contributed by atoms with Crippen LogP contribution in [0.15, 0.2) is 24.3 Å². The first-order valence-corrected chi connectivity index (χ1v) is 7.12. The minimum absolute atomic E-state index is 0.0260. The summed E-state index contributed by atoms with van der Waals surface area (Å²) >= 11 is 0. The van der Waals surface area contributed by atoms with Crippen LogP contribution in [-0.4, -0.2) is 17.6 Å². The molecule has 0 aliphatic rings. The van der Waals surface area contributed by atoms with Gasteiger partial charge in [-0.05, 0) is 42.9 Å². The van der Waals surface area contributed by atoms with Crippen LogP contribution in [0.5, 0.6) is 5.75 Å². The Labute approximate surface area is 121 Å². The number of phenolic OH excluding ortho intramolecular Hbond substituents is 1. The number of hydrogen-bond donors (Lipinski definition) is 3. The summed E-state index contributed by atoms with van der Waals surface area (Å²) in [5.74, 6) is 0.558. The molecule has 1 atom stereocenters. The molecular formula is C16H26N2O2. The Hall–Kier alpha value is -1.55. The van der Waals surface area contributed by atoms with Crippen LogP contribution in [0.1, 0.15) is 40.0 Å². The molecule has 20 heavy (non-hydrogen) atoms. The molecule has 1 rings (SSSR count). The van der Waals surface area contributed by atoms with Crippen LogP contribution in [0.3, 0.4) is 0 Å². The molecule has 0 heterocycles. The minimum Gasteiger partial charge on any atom is -0.508 e. The smallest absolute Gasteiger partial charge is 0.224 e. The molecule has 4 heteroatoms. The highest BCUT2D eigenvalue weighted by Gasteiger charge is 2.24. The molecule has 0 saturated carbocycles. The number of phenols is 1. The molecule has 1 unspecified atom stereocenters. The minimum atomic E-state index is -0.0260. The summed E-state index contributed by atoms with van der Waals surface area (Å²) in [5, 5.41) is 12.2. The van der Waals surface area contributed by atoms with Crippen molar-refractivity contribution in [1.29, 1.82) is 0 Å². The second-order valence-electron chi connectivity index (χ2n) is 6.28. The number of nitrogens with two attached hydrogens (primary N) is 1. The molecule has 4 N–H and O–H groups in total. The van der Waals surface area contributed by atoms with Crippen LogP contribution in [0.2, 0.25) is 0 Å². The van der Waals surface area contributed by atoms with Crippen molar-refractivity contribution < 1.29 is 9.90 Å². The van der Waals surface area contributed by atoms with Crippen LogP contribution in [0.4, 0.5) is 5.69 Å². The summed E-state index contributed by atoms with van der Waals surface area (Å²) in [6, 6.07) is 6.58. The van der Waals surface area contributed by atoms with Gasteiger partial charge >= 0.3 is 0 Å². The van der Waals surface area contributed by atoms with E-state index < -0.39 is 0 Å². The summed E-state index contributed by atoms with van der Waals surface area (Å²) in [4.78, 5) is 11.9. The van der Waals surface area contributed by atoms with Gasteiger partial charge in [-0.25, -0.2) is 0 Å². The fraction of sp³-hybridized carbons (Fsp3) is 0.562. The maximum Gasteiger partial charge on any atom is 0.224 e. The molecule has 0 radical (unpaired) electrons. The lowest BCUT2D eigenvalue weighted by molar-refractivity contribution is -0.116. The van der Waals surface area contributed by atoms with Gasteiger partial charge in [0.05, 0.1) is 0 Å². The van der Waals surface area contributed by atoms with Gasteiger partial charge in [-0.15, -0.1) is 0 Å². The molecule has 0 saturated heterocycles. The van der Waals surface area contributed by atoms with Crippen molar-refractivity contribution in [2.45, 2.75) is 40.0 Å². The Balaban J connectivity index is 2.50. The molecule has 1 amide bonds. The predicted molar refractivity (Wildman–Crippen MR) is 82.6 cm³/mol. The van der Waals surface area contributed by atoms with Gasteiger partial charge < -0.3 is 16.2 Å². The Morgan fingerprint density at radius 1 is 1.35 bits per heavy atom. The predicted octanol–water partition coefficient (Wildman–Crippen LogP) is 3.12. The molecule has 0 aromatic heterocycles. The first-order valence-electron chi connectivity index (χ1n) is 7.12. The van der Waals surface area contributed by atoms with E-state index in [1.165, 1.54) is 0 Å². The summed E-state index contributed by atoms with van der Waals surface area (Å²) in [5.41, 5.74) is 6.43. The molecular weight excluding hydrogens is 252 g/mol. The van der Waals surface area contributed by atoms with E-state index in [0.29, 0.717) is 24.6 Å². The number of nitrogens with one attached hydrogen (secondary N) is 1. The number of hydrogen-bond acceptors (Lipinski definition) is 3. The lowest BCUT2D eigenvalue weighted by atomic mass is 9.76. The van der Waals surface area contributed by atoms with Crippen molar-refractivity contribution in [3.8, 4) is 5.75 Å². The third-order valence-corrected chi connectivity index (χ3v) is 3.59. The molecule has 1 aromatic carbocycles. The maximum atomic E-state index is 11.9. The highest BCUT2D eigenvalue weighted by Crippen LogP contribution is 2.32. The zero-order chi connectivity index (χ0) is 15.2. The average molecular weight is 278 g/mol. The molecule has 0 fully saturated rings. The zero-order valence-corrected chi connectivity index (χ0v) is 12.6. The largest absolute Gasteiger partial charge is 0.508 e. The number of carbonyl (C=O) groups is 1. The Bertz CT molecular complexity index is 438. The van der Waals surface area contributed by atoms with E-state index in [9.17, 15) is 9.90 Å². The summed E-state index contributed by atoms with van der Waals surface area (Å²) in [7, 11) is 0. The van der Waals surface area contributed by atoms with Crippen LogP contribution in [0.25, 0.3) is 0 Å². The van der Waals surface area contributed by atoms with Gasteiger partial charge in [0.25, 0.3) is 0 Å². The molecule has 0 aliphatic carbocycles. The number of benzene rings is 1. The Morgan fingerprint density at radius 3 is 2.60 bits per heavy atom. The van der Waals surface area contributed by atoms with Gasteiger partial charge in [0, 0.05) is 18.2 Å². The van der Waals surface area contributed by atoms with Gasteiger partial charge in [0.15, 0.2) is 0 Å². The van der Waals surface area contributed by atoms with E-state index >= 15 is 0 Å². The van der Waals surface area contributed by atoms with Gasteiger partial charge in [-0.3, -0.25) is 4.79 Å². The van der Waals surface area contributed by atoms with Gasteiger partial charge in [-0.1, -0.05) is 26.8 Å². The van der Waals surface area contributed by atoms with E-state index in [1.807, 2.05) is 0 Å². The lowest BCUT2D eigenvalue weighted by Crippen LogP contribution is -2.25. The molecule has 0 aliphatic heterocycles. The molecule has 4 nitrogen and oxygen atoms in total. The first kappa shape index (κ1) is 16.5. The SMILES string of the molecule is CC(C)(C)C(CCN)CCC(=O)Nc1cccc(O)c1. The van der Waals surface area contributed by atoms with E-state index in [-0.39, 0.29) is 17.1 Å². The second kappa shape index (κ2) is 7.29. The van der Waals surface area contributed by atoms with Crippen LogP contribution < -0.4 is 11.1 Å². The van der Waals surface area contributed by atoms with E-state index in [4.69, 9.17) is 5.73 Å². The van der Waals surface area contributed by atoms with Crippen LogP contribution in [-0.2, 0) is 4.79 Å². The standard InChI is InChI=1S/C16H26N2O2/c1-16(2,3)12(9-10-17)7-8-15(20)18-13-5-4-6-14(19)11-13/h4-6,11-12,19H,7-10,17H2,1-3H3,(H,18,20). The summed E-state index contributed by atoms with van der Waals surface area (Å²) < 4.78 is 0. The van der Waals surface area contributed by atoms with Crippen molar-refractivity contribution in [2.24, 2.45) is 17.1 Å². The van der Waals surface area contributed by atoms with Crippen molar-refractivity contribution in [1.82, 2.24) is 0 Å². The maximum absolute atomic E-state index is 11.9. The normalized spacial score (nSPS) is 13.0. The third kappa shape index (κ3) is 5.61. The molecule has 112 valence electrons. The lowest BCUT2D eigenvalue weighted by Gasteiger charge is -2.30. The van der Waals surface area contributed by atoms with Gasteiger partial charge in [0.1, 0.15) is 5.75 Å². The summed E-state index contributed by atoms with van der Waals surface area (Å²) in [6.45, 7) is 7.19. The Morgan fingerprint density at radius 2 is 2.05 bits per heavy atom. The fourth-order valence-electron chi connectivity index (χ4n) is 2.32. The van der Waals surface area contributed by atoms with Gasteiger partial charge in [-0.2, -0.15) is 0 Å². The third-order valence-electron chi connectivity index (χ3n) is 3.59. The second-order valence-corrected chi connectivity index (χ2v) is 6.28. The van der Waals surface area contributed by atoms with Crippen molar-refractivity contribution >= 4 is 11.6 Å². The topological polar surface area (TPSA) is 75.4 Å². The first-order chi connectivity index (χ1) is 9.32. The molecule has 1 aromatic rings. The van der Waals surface area contributed by atoms with Crippen molar-refractivity contribution in [3.63, 3.8) is 0 Å². The Kier molecular flexibility index (Phi) is 6.02. The molecule has 0 spiro atoms. The molecule has 0 bridgehead atoms. The van der Waals surface area contributed by atoms with Crippen LogP contribution >= 0.6 is 0 Å². The monoisotopic (exact) mass is 278 g/mol. The summed E-state index contributed by atoms with van der Waals surface area (Å²) in [6.07, 6.45) is 2.23. The number of carbonyl (C=O) groups excluding carboxylic acids is 1. The van der Waals surface area contributed by atoms with E-state index in [0.717, 1.165) is 12.8 Å². The zero-order valence-electron chi connectivity index (χ0n) is 12.6. The number of anilines is 1. The number of aromatic hydroxyl groups is 1. The van der Waals surface area contributed by atoms with Crippen molar-refractivity contribution in [3.05, 3.63) is 24.3 Å². The van der Waals surface area contributed by atoms with Gasteiger partial charge in [0.2, 0.25) is 5.91 Å². The number of amides is 1. The van der Waals surface area contributed by atoms with Crippen LogP contribution in [0, 0.1) is 11.3 Å². The quantitative estimate of drug-likeness (QED) is 0.748. The van der Waals surface area contributed by atoms with E-state index in [1.54, 1.807) is 24.3 Å². The average Bonchev–Trinajstić information content (AvgIpc) is 2.33. The fourth-order valence-corrected chi connectivity index (χ4v) is 2.32. The highest BCUT2D eigenvalue weighted by atomic mass is 16.3. The highest BCUT2D eigenvalue weighted by molar-refractivity contribution is 5.90.